The van der Waals surface area contributed by atoms with E-state index in [0.29, 0.717) is 16.7 Å². The van der Waals surface area contributed by atoms with Gasteiger partial charge in [-0.15, -0.1) is 10.2 Å². The fraction of sp³-hybridized carbons (Fsp3) is 0.438. The van der Waals surface area contributed by atoms with Gasteiger partial charge in [-0.2, -0.15) is 8.78 Å². The van der Waals surface area contributed by atoms with E-state index in [2.05, 4.69) is 20.3 Å². The summed E-state index contributed by atoms with van der Waals surface area (Å²) in [5.74, 6) is 6.36. The van der Waals surface area contributed by atoms with Crippen molar-refractivity contribution >= 4 is 23.4 Å². The zero-order valence-corrected chi connectivity index (χ0v) is 15.7. The molecule has 1 unspecified atom stereocenters. The molecule has 3 N–H and O–H groups in total. The summed E-state index contributed by atoms with van der Waals surface area (Å²) in [6, 6.07) is 5.67. The lowest BCUT2D eigenvalue weighted by Crippen LogP contribution is -2.26. The smallest absolute Gasteiger partial charge is 0.387 e. The topological polar surface area (TPSA) is 95.1 Å². The van der Waals surface area contributed by atoms with Crippen LogP contribution in [0.4, 0.5) is 14.5 Å². The summed E-state index contributed by atoms with van der Waals surface area (Å²) >= 11 is 1.17. The number of amides is 1. The number of nitrogens with zero attached hydrogens (tertiary/aromatic N) is 3. The molecule has 2 rings (SSSR count). The van der Waals surface area contributed by atoms with Gasteiger partial charge in [0.1, 0.15) is 5.75 Å². The van der Waals surface area contributed by atoms with Crippen LogP contribution in [0, 0.1) is 0 Å². The van der Waals surface area contributed by atoms with E-state index >= 15 is 0 Å². The summed E-state index contributed by atoms with van der Waals surface area (Å²) in [5.41, 5.74) is 0.197. The summed E-state index contributed by atoms with van der Waals surface area (Å²) in [4.78, 5) is 12.3. The van der Waals surface area contributed by atoms with E-state index in [4.69, 9.17) is 5.84 Å². The number of halogens is 2. The number of carbonyl (C=O) groups excluding carboxylic acids is 1. The minimum Gasteiger partial charge on any atom is -0.435 e. The van der Waals surface area contributed by atoms with Crippen LogP contribution in [0.2, 0.25) is 0 Å². The number of thioether (sulfide) groups is 1. The number of rotatable bonds is 6. The average Bonchev–Trinajstić information content (AvgIpc) is 2.89. The standard InChI is InChI=1S/C16H21F2N5O2S/c1-9(26-15-22-21-13(23(15)19)16(2,3)4)12(24)20-10-5-7-11(8-6-10)25-14(17)18/h5-9,14H,19H2,1-4H3,(H,20,24). The maximum atomic E-state index is 12.3. The molecular weight excluding hydrogens is 364 g/mol. The number of ether oxygens (including phenoxy) is 1. The molecule has 1 amide bonds. The van der Waals surface area contributed by atoms with E-state index in [-0.39, 0.29) is 17.1 Å². The van der Waals surface area contributed by atoms with Gasteiger partial charge < -0.3 is 15.9 Å². The molecule has 0 aliphatic rings. The molecule has 142 valence electrons. The van der Waals surface area contributed by atoms with Gasteiger partial charge in [0.15, 0.2) is 5.82 Å². The third kappa shape index (κ3) is 5.07. The molecule has 0 aliphatic heterocycles. The van der Waals surface area contributed by atoms with Crippen LogP contribution in [0.5, 0.6) is 5.75 Å². The van der Waals surface area contributed by atoms with Crippen molar-refractivity contribution in [2.75, 3.05) is 11.2 Å². The molecule has 10 heteroatoms. The molecule has 26 heavy (non-hydrogen) atoms. The van der Waals surface area contributed by atoms with E-state index in [1.165, 1.54) is 40.7 Å². The Bertz CT molecular complexity index is 759. The van der Waals surface area contributed by atoms with Crippen molar-refractivity contribution < 1.29 is 18.3 Å². The number of hydrogen-bond donors (Lipinski definition) is 2. The lowest BCUT2D eigenvalue weighted by molar-refractivity contribution is -0.115. The van der Waals surface area contributed by atoms with Gasteiger partial charge in [0.25, 0.3) is 0 Å². The molecule has 0 fully saturated rings. The van der Waals surface area contributed by atoms with Crippen molar-refractivity contribution in [1.82, 2.24) is 14.9 Å². The first-order valence-electron chi connectivity index (χ1n) is 7.81. The monoisotopic (exact) mass is 385 g/mol. The number of carbonyl (C=O) groups is 1. The van der Waals surface area contributed by atoms with Crippen LogP contribution in [-0.2, 0) is 10.2 Å². The van der Waals surface area contributed by atoms with Crippen LogP contribution in [0.1, 0.15) is 33.5 Å². The Kier molecular flexibility index (Phi) is 6.06. The summed E-state index contributed by atoms with van der Waals surface area (Å²) in [6.07, 6.45) is 0. The highest BCUT2D eigenvalue weighted by Gasteiger charge is 2.25. The highest BCUT2D eigenvalue weighted by atomic mass is 32.2. The zero-order valence-electron chi connectivity index (χ0n) is 14.9. The van der Waals surface area contributed by atoms with Crippen LogP contribution < -0.4 is 15.9 Å². The maximum Gasteiger partial charge on any atom is 0.387 e. The Morgan fingerprint density at radius 3 is 2.38 bits per heavy atom. The Balaban J connectivity index is 1.99. The van der Waals surface area contributed by atoms with Gasteiger partial charge in [0, 0.05) is 11.1 Å². The fourth-order valence-electron chi connectivity index (χ4n) is 2.04. The molecule has 1 heterocycles. The SMILES string of the molecule is CC(Sc1nnc(C(C)(C)C)n1N)C(=O)Nc1ccc(OC(F)F)cc1. The number of alkyl halides is 2. The van der Waals surface area contributed by atoms with Crippen molar-refractivity contribution in [3.05, 3.63) is 30.1 Å². The van der Waals surface area contributed by atoms with Crippen LogP contribution in [0.15, 0.2) is 29.4 Å². The van der Waals surface area contributed by atoms with Gasteiger partial charge in [-0.3, -0.25) is 4.79 Å². The minimum absolute atomic E-state index is 0.0198. The number of nitrogens with two attached hydrogens (primary N) is 1. The van der Waals surface area contributed by atoms with Crippen molar-refractivity contribution in [3.8, 4) is 5.75 Å². The lowest BCUT2D eigenvalue weighted by atomic mass is 9.96. The third-order valence-electron chi connectivity index (χ3n) is 3.33. The molecule has 0 saturated heterocycles. The maximum absolute atomic E-state index is 12.3. The Morgan fingerprint density at radius 2 is 1.88 bits per heavy atom. The first-order valence-corrected chi connectivity index (χ1v) is 8.69. The fourth-order valence-corrected chi connectivity index (χ4v) is 2.81. The molecular formula is C16H21F2N5O2S. The number of benzene rings is 1. The van der Waals surface area contributed by atoms with Crippen molar-refractivity contribution in [2.24, 2.45) is 0 Å². The average molecular weight is 385 g/mol. The first kappa shape index (κ1) is 20.0. The second kappa shape index (κ2) is 7.90. The number of aromatic nitrogens is 3. The summed E-state index contributed by atoms with van der Waals surface area (Å²) in [6.45, 7) is 4.71. The predicted molar refractivity (Wildman–Crippen MR) is 95.9 cm³/mol. The van der Waals surface area contributed by atoms with Crippen LogP contribution in [-0.4, -0.2) is 32.6 Å². The summed E-state index contributed by atoms with van der Waals surface area (Å²) in [7, 11) is 0. The molecule has 1 atom stereocenters. The van der Waals surface area contributed by atoms with Gasteiger partial charge in [0.2, 0.25) is 11.1 Å². The van der Waals surface area contributed by atoms with Crippen LogP contribution in [0.25, 0.3) is 0 Å². The molecule has 1 aromatic carbocycles. The summed E-state index contributed by atoms with van der Waals surface area (Å²) < 4.78 is 29.9. The first-order chi connectivity index (χ1) is 12.1. The van der Waals surface area contributed by atoms with Crippen molar-refractivity contribution in [3.63, 3.8) is 0 Å². The normalized spacial score (nSPS) is 12.9. The largest absolute Gasteiger partial charge is 0.435 e. The van der Waals surface area contributed by atoms with E-state index in [1.54, 1.807) is 6.92 Å². The molecule has 0 radical (unpaired) electrons. The van der Waals surface area contributed by atoms with Gasteiger partial charge in [-0.25, -0.2) is 4.68 Å². The number of anilines is 1. The van der Waals surface area contributed by atoms with Crippen LogP contribution >= 0.6 is 11.8 Å². The van der Waals surface area contributed by atoms with E-state index in [1.807, 2.05) is 20.8 Å². The zero-order chi connectivity index (χ0) is 19.5. The van der Waals surface area contributed by atoms with Gasteiger partial charge in [0.05, 0.1) is 5.25 Å². The van der Waals surface area contributed by atoms with Gasteiger partial charge >= 0.3 is 6.61 Å². The van der Waals surface area contributed by atoms with Crippen molar-refractivity contribution in [2.45, 2.75) is 50.1 Å². The lowest BCUT2D eigenvalue weighted by Gasteiger charge is -2.17. The molecule has 1 aromatic heterocycles. The molecule has 2 aromatic rings. The highest BCUT2D eigenvalue weighted by molar-refractivity contribution is 8.00. The molecule has 0 bridgehead atoms. The van der Waals surface area contributed by atoms with Gasteiger partial charge in [-0.1, -0.05) is 32.5 Å². The van der Waals surface area contributed by atoms with E-state index < -0.39 is 11.9 Å². The molecule has 0 aliphatic carbocycles. The molecule has 0 spiro atoms. The second-order valence-electron chi connectivity index (χ2n) is 6.58. The molecule has 7 nitrogen and oxygen atoms in total. The molecule has 0 saturated carbocycles. The summed E-state index contributed by atoms with van der Waals surface area (Å²) in [5, 5.41) is 10.7. The minimum atomic E-state index is -2.89. The quantitative estimate of drug-likeness (QED) is 0.586. The van der Waals surface area contributed by atoms with Gasteiger partial charge in [-0.05, 0) is 31.2 Å². The van der Waals surface area contributed by atoms with E-state index in [9.17, 15) is 13.6 Å². The number of hydrogen-bond acceptors (Lipinski definition) is 6. The Hall–Kier alpha value is -2.36. The number of nitrogen functional groups attached to an aromatic ring is 1. The van der Waals surface area contributed by atoms with Crippen molar-refractivity contribution in [1.29, 1.82) is 0 Å². The third-order valence-corrected chi connectivity index (χ3v) is 4.39. The second-order valence-corrected chi connectivity index (χ2v) is 7.89. The highest BCUT2D eigenvalue weighted by Crippen LogP contribution is 2.26. The van der Waals surface area contributed by atoms with Crippen LogP contribution in [0.3, 0.4) is 0 Å². The Labute approximate surface area is 154 Å². The Morgan fingerprint density at radius 1 is 1.27 bits per heavy atom. The number of nitrogens with one attached hydrogen (secondary N) is 1. The predicted octanol–water partition coefficient (Wildman–Crippen LogP) is 3.01. The van der Waals surface area contributed by atoms with E-state index in [0.717, 1.165) is 0 Å².